The number of rotatable bonds is 1. The van der Waals surface area contributed by atoms with Crippen LogP contribution in [0.1, 0.15) is 0 Å². The minimum atomic E-state index is 0.0459. The lowest BCUT2D eigenvalue weighted by Gasteiger charge is -2.29. The van der Waals surface area contributed by atoms with Crippen molar-refractivity contribution in [3.05, 3.63) is 12.8 Å². The molecule has 0 atom stereocenters. The van der Waals surface area contributed by atoms with Crippen molar-refractivity contribution in [1.29, 1.82) is 0 Å². The van der Waals surface area contributed by atoms with E-state index in [-0.39, 0.29) is 19.7 Å². The van der Waals surface area contributed by atoms with E-state index >= 15 is 0 Å². The van der Waals surface area contributed by atoms with Crippen LogP contribution >= 0.6 is 0 Å². The Morgan fingerprint density at radius 2 is 2.33 bits per heavy atom. The van der Waals surface area contributed by atoms with E-state index in [1.165, 1.54) is 0 Å². The van der Waals surface area contributed by atoms with Crippen LogP contribution in [0.25, 0.3) is 0 Å². The van der Waals surface area contributed by atoms with Crippen LogP contribution < -0.4 is 4.65 Å². The molecule has 0 saturated carbocycles. The summed E-state index contributed by atoms with van der Waals surface area (Å²) in [5.41, 5.74) is 0. The first-order valence-electron chi connectivity index (χ1n) is 2.01. The van der Waals surface area contributed by atoms with Gasteiger partial charge in [-0.2, -0.15) is 0 Å². The van der Waals surface area contributed by atoms with E-state index in [9.17, 15) is 0 Å². The maximum absolute atomic E-state index is 3.64. The van der Waals surface area contributed by atoms with Gasteiger partial charge in [-0.25, -0.2) is 0 Å². The fourth-order valence-electron chi connectivity index (χ4n) is 0.370. The highest BCUT2D eigenvalue weighted by molar-refractivity contribution is 6.65. The molecule has 0 unspecified atom stereocenters. The quantitative estimate of drug-likeness (QED) is 0.400. The van der Waals surface area contributed by atoms with Crippen LogP contribution in [0.3, 0.4) is 0 Å². The average molecular weight is 116 g/mol. The Labute approximate surface area is 42.2 Å². The van der Waals surface area contributed by atoms with Gasteiger partial charge in [-0.3, -0.25) is 0 Å². The van der Waals surface area contributed by atoms with E-state index in [1.54, 1.807) is 0 Å². The predicted octanol–water partition coefficient (Wildman–Crippen LogP) is -1.97. The normalized spacial score (nSPS) is 27.7. The average Bonchev–Trinajstić information content (AvgIpc) is 1.31. The fraction of sp³-hybridized carbons (Fsp3) is 0. The van der Waals surface area contributed by atoms with Gasteiger partial charge in [0.2, 0.25) is 0 Å². The van der Waals surface area contributed by atoms with Crippen LogP contribution in [0.4, 0.5) is 0 Å². The van der Waals surface area contributed by atoms with Crippen LogP contribution in [-0.2, 0) is 0 Å². The molecule has 0 aromatic rings. The number of nitrogens with one attached hydrogen (secondary N) is 1. The molecule has 0 radical (unpaired) electrons. The summed E-state index contributed by atoms with van der Waals surface area (Å²) in [6, 6.07) is 0. The summed E-state index contributed by atoms with van der Waals surface area (Å²) >= 11 is 0. The Kier molecular flexibility index (Phi) is 1.09. The van der Waals surface area contributed by atoms with Crippen molar-refractivity contribution < 1.29 is 0 Å². The van der Waals surface area contributed by atoms with E-state index in [2.05, 4.69) is 15.5 Å². The summed E-state index contributed by atoms with van der Waals surface area (Å²) in [4.78, 5) is 0. The Bertz CT molecular complexity index is 60.6. The fourth-order valence-corrected chi connectivity index (χ4v) is 2.56. The molecule has 1 N–H and O–H groups in total. The van der Waals surface area contributed by atoms with E-state index in [4.69, 9.17) is 0 Å². The predicted molar refractivity (Wildman–Crippen MR) is 32.3 cm³/mol. The monoisotopic (exact) mass is 116 g/mol. The van der Waals surface area contributed by atoms with Crippen LogP contribution in [0.5, 0.6) is 0 Å². The molecule has 1 fully saturated rings. The van der Waals surface area contributed by atoms with Crippen LogP contribution in [0.2, 0.25) is 0 Å². The van der Waals surface area contributed by atoms with E-state index < -0.39 is 0 Å². The summed E-state index contributed by atoms with van der Waals surface area (Å²) in [7, 11) is 0.0918. The van der Waals surface area contributed by atoms with Crippen molar-refractivity contribution in [3.63, 3.8) is 0 Å². The number of nitrogens with zero attached hydrogens (tertiary/aromatic N) is 1. The van der Waals surface area contributed by atoms with Gasteiger partial charge in [0, 0.05) is 0 Å². The molecule has 0 aromatic heterocycles. The van der Waals surface area contributed by atoms with Crippen LogP contribution in [-0.4, -0.2) is 23.9 Å². The van der Waals surface area contributed by atoms with Gasteiger partial charge < -0.3 is 8.88 Å². The molecule has 6 heavy (non-hydrogen) atoms. The highest BCUT2D eigenvalue weighted by atomic mass is 28.4. The van der Waals surface area contributed by atoms with Gasteiger partial charge in [-0.15, -0.1) is 0 Å². The molecule has 0 aliphatic carbocycles. The Hall–Kier alpha value is -0.0662. The maximum atomic E-state index is 3.64. The zero-order valence-electron chi connectivity index (χ0n) is 3.65. The van der Waals surface area contributed by atoms with Crippen molar-refractivity contribution in [3.8, 4) is 0 Å². The second-order valence-corrected chi connectivity index (χ2v) is 6.49. The molecule has 0 spiro atoms. The van der Waals surface area contributed by atoms with Crippen molar-refractivity contribution in [2.75, 3.05) is 0 Å². The zero-order valence-corrected chi connectivity index (χ0v) is 6.47. The first kappa shape index (κ1) is 4.10. The number of hydrogen-bond donors (Lipinski definition) is 1. The molecule has 0 amide bonds. The Morgan fingerprint density at radius 3 is 2.33 bits per heavy atom. The van der Waals surface area contributed by atoms with Crippen LogP contribution in [0.15, 0.2) is 12.8 Å². The largest absolute Gasteiger partial charge is 0.418 e. The first-order chi connectivity index (χ1) is 2.93. The van der Waals surface area contributed by atoms with Crippen molar-refractivity contribution in [1.82, 2.24) is 8.88 Å². The lowest BCUT2D eigenvalue weighted by Crippen LogP contribution is -2.55. The summed E-state index contributed by atoms with van der Waals surface area (Å²) < 4.78 is 5.71. The molecule has 1 rings (SSSR count). The standard InChI is InChI=1S/C2H8N2Si2/c1-2-4-5-3-6-4/h2-3H,1,5-6H2. The van der Waals surface area contributed by atoms with Gasteiger partial charge in [0.25, 0.3) is 0 Å². The smallest absolute Gasteiger partial charge is 0.185 e. The zero-order chi connectivity index (χ0) is 4.41. The topological polar surface area (TPSA) is 15.3 Å². The third kappa shape index (κ3) is 0.538. The highest BCUT2D eigenvalue weighted by Crippen LogP contribution is 1.83. The van der Waals surface area contributed by atoms with Crippen LogP contribution in [0, 0.1) is 0 Å². The lowest BCUT2D eigenvalue weighted by molar-refractivity contribution is 0.848. The Balaban J connectivity index is 2.16. The molecule has 1 heterocycles. The van der Waals surface area contributed by atoms with Crippen molar-refractivity contribution in [2.24, 2.45) is 0 Å². The molecule has 0 bridgehead atoms. The van der Waals surface area contributed by atoms with Gasteiger partial charge in [0.1, 0.15) is 0 Å². The molecule has 0 aromatic carbocycles. The minimum absolute atomic E-state index is 0.0459. The minimum Gasteiger partial charge on any atom is -0.418 e. The summed E-state index contributed by atoms with van der Waals surface area (Å²) in [6.07, 6.45) is 1.95. The molecule has 4 heteroatoms. The van der Waals surface area contributed by atoms with Crippen molar-refractivity contribution >= 4 is 19.7 Å². The van der Waals surface area contributed by atoms with E-state index in [1.807, 2.05) is 6.20 Å². The molecule has 2 nitrogen and oxygen atoms in total. The SMILES string of the molecule is C=CN1[SiH2]N[SiH2]1. The van der Waals surface area contributed by atoms with Gasteiger partial charge in [0.05, 0.1) is 0 Å². The summed E-state index contributed by atoms with van der Waals surface area (Å²) in [6.45, 7) is 3.64. The third-order valence-corrected chi connectivity index (χ3v) is 5.35. The maximum Gasteiger partial charge on any atom is 0.185 e. The molecule has 1 saturated heterocycles. The summed E-state index contributed by atoms with van der Waals surface area (Å²) in [5.74, 6) is 0. The molecule has 34 valence electrons. The molecular formula is C2H8N2Si2. The van der Waals surface area contributed by atoms with E-state index in [0.717, 1.165) is 0 Å². The van der Waals surface area contributed by atoms with Gasteiger partial charge in [-0.05, 0) is 6.20 Å². The first-order valence-corrected chi connectivity index (χ1v) is 4.69. The third-order valence-electron chi connectivity index (χ3n) is 0.888. The second-order valence-electron chi connectivity index (χ2n) is 1.34. The molecule has 1 aliphatic rings. The second kappa shape index (κ2) is 1.59. The Morgan fingerprint density at radius 1 is 1.67 bits per heavy atom. The number of hydrogen-bond acceptors (Lipinski definition) is 2. The van der Waals surface area contributed by atoms with Gasteiger partial charge in [0.15, 0.2) is 19.7 Å². The highest BCUT2D eigenvalue weighted by Gasteiger charge is 2.06. The summed E-state index contributed by atoms with van der Waals surface area (Å²) in [5, 5.41) is 0. The van der Waals surface area contributed by atoms with Gasteiger partial charge >= 0.3 is 0 Å². The molecule has 1 aliphatic heterocycles. The molecular weight excluding hydrogens is 108 g/mol. The van der Waals surface area contributed by atoms with E-state index in [0.29, 0.717) is 0 Å². The lowest BCUT2D eigenvalue weighted by atomic mass is 11.1. The van der Waals surface area contributed by atoms with Crippen molar-refractivity contribution in [2.45, 2.75) is 0 Å². The van der Waals surface area contributed by atoms with Gasteiger partial charge in [-0.1, -0.05) is 6.58 Å².